The van der Waals surface area contributed by atoms with E-state index in [-0.39, 0.29) is 11.3 Å². The van der Waals surface area contributed by atoms with Gasteiger partial charge in [-0.05, 0) is 42.7 Å². The van der Waals surface area contributed by atoms with Crippen molar-refractivity contribution < 1.29 is 9.90 Å². The Kier molecular flexibility index (Phi) is 1.57. The lowest BCUT2D eigenvalue weighted by atomic mass is 9.98. The Morgan fingerprint density at radius 3 is 2.80 bits per heavy atom. The van der Waals surface area contributed by atoms with Gasteiger partial charge in [-0.1, -0.05) is 23.8 Å². The maximum Gasteiger partial charge on any atom is 0.311 e. The third-order valence-electron chi connectivity index (χ3n) is 3.90. The Bertz CT molecular complexity index is 444. The molecule has 1 aromatic carbocycles. The number of carbonyl (C=O) groups is 1. The molecular formula is C13H14O2. The van der Waals surface area contributed by atoms with Crippen molar-refractivity contribution in [2.45, 2.75) is 37.5 Å². The van der Waals surface area contributed by atoms with Gasteiger partial charge in [0.15, 0.2) is 0 Å². The van der Waals surface area contributed by atoms with Crippen LogP contribution in [0.3, 0.4) is 0 Å². The van der Waals surface area contributed by atoms with Crippen molar-refractivity contribution in [3.05, 3.63) is 34.9 Å². The molecule has 15 heavy (non-hydrogen) atoms. The van der Waals surface area contributed by atoms with Gasteiger partial charge in [-0.25, -0.2) is 0 Å². The predicted molar refractivity (Wildman–Crippen MR) is 57.1 cm³/mol. The van der Waals surface area contributed by atoms with E-state index in [1.807, 2.05) is 6.92 Å². The van der Waals surface area contributed by atoms with Crippen LogP contribution in [0.1, 0.15) is 41.9 Å². The summed E-state index contributed by atoms with van der Waals surface area (Å²) in [6.07, 6.45) is 3.17. The zero-order valence-electron chi connectivity index (χ0n) is 8.79. The lowest BCUT2D eigenvalue weighted by Gasteiger charge is -2.07. The van der Waals surface area contributed by atoms with E-state index < -0.39 is 5.97 Å². The van der Waals surface area contributed by atoms with E-state index in [1.54, 1.807) is 0 Å². The van der Waals surface area contributed by atoms with Gasteiger partial charge in [0.1, 0.15) is 0 Å². The molecule has 2 nitrogen and oxygen atoms in total. The number of rotatable bonds is 1. The van der Waals surface area contributed by atoms with Gasteiger partial charge < -0.3 is 5.11 Å². The minimum absolute atomic E-state index is 0.242. The SMILES string of the molecule is Cc1ccc2c(c1)C(C(=O)O)CC21CC1. The fraction of sp³-hybridized carbons (Fsp3) is 0.462. The van der Waals surface area contributed by atoms with Crippen LogP contribution in [-0.4, -0.2) is 11.1 Å². The Hall–Kier alpha value is -1.31. The summed E-state index contributed by atoms with van der Waals surface area (Å²) in [6, 6.07) is 6.30. The van der Waals surface area contributed by atoms with Crippen LogP contribution in [0.4, 0.5) is 0 Å². The molecule has 1 aromatic rings. The smallest absolute Gasteiger partial charge is 0.311 e. The van der Waals surface area contributed by atoms with Crippen LogP contribution in [0.5, 0.6) is 0 Å². The molecule has 0 saturated heterocycles. The van der Waals surface area contributed by atoms with Gasteiger partial charge in [0.05, 0.1) is 5.92 Å². The highest BCUT2D eigenvalue weighted by atomic mass is 16.4. The van der Waals surface area contributed by atoms with Gasteiger partial charge in [0.2, 0.25) is 0 Å². The van der Waals surface area contributed by atoms with Crippen LogP contribution in [0.25, 0.3) is 0 Å². The topological polar surface area (TPSA) is 37.3 Å². The molecule has 0 aliphatic heterocycles. The van der Waals surface area contributed by atoms with E-state index in [1.165, 1.54) is 18.4 Å². The molecule has 0 heterocycles. The van der Waals surface area contributed by atoms with Crippen LogP contribution < -0.4 is 0 Å². The molecule has 1 fully saturated rings. The highest BCUT2D eigenvalue weighted by molar-refractivity contribution is 5.79. The van der Waals surface area contributed by atoms with Crippen molar-refractivity contribution >= 4 is 5.97 Å². The van der Waals surface area contributed by atoms with E-state index in [9.17, 15) is 9.90 Å². The molecule has 2 heteroatoms. The van der Waals surface area contributed by atoms with E-state index >= 15 is 0 Å². The van der Waals surface area contributed by atoms with Crippen molar-refractivity contribution in [3.8, 4) is 0 Å². The minimum Gasteiger partial charge on any atom is -0.481 e. The average molecular weight is 202 g/mol. The number of aliphatic carboxylic acids is 1. The number of carboxylic acids is 1. The molecule has 2 aliphatic rings. The Morgan fingerprint density at radius 2 is 2.20 bits per heavy atom. The van der Waals surface area contributed by atoms with Crippen molar-refractivity contribution in [1.29, 1.82) is 0 Å². The third kappa shape index (κ3) is 1.14. The summed E-state index contributed by atoms with van der Waals surface area (Å²) in [4.78, 5) is 11.2. The second-order valence-corrected chi connectivity index (χ2v) is 4.97. The molecule has 1 N–H and O–H groups in total. The maximum absolute atomic E-state index is 11.2. The maximum atomic E-state index is 11.2. The average Bonchev–Trinajstić information content (AvgIpc) is 2.86. The summed E-state index contributed by atoms with van der Waals surface area (Å²) in [6.45, 7) is 2.02. The van der Waals surface area contributed by atoms with Crippen LogP contribution >= 0.6 is 0 Å². The first kappa shape index (κ1) is 8.96. The summed E-state index contributed by atoms with van der Waals surface area (Å²) in [7, 11) is 0. The Balaban J connectivity index is 2.16. The van der Waals surface area contributed by atoms with Crippen molar-refractivity contribution in [2.24, 2.45) is 0 Å². The number of aryl methyl sites for hydroxylation is 1. The Morgan fingerprint density at radius 1 is 1.47 bits per heavy atom. The molecule has 1 atom stereocenters. The van der Waals surface area contributed by atoms with Gasteiger partial charge in [-0.3, -0.25) is 4.79 Å². The van der Waals surface area contributed by atoms with Crippen LogP contribution in [-0.2, 0) is 10.2 Å². The molecule has 0 aromatic heterocycles. The number of carboxylic acid groups (broad SMARTS) is 1. The van der Waals surface area contributed by atoms with Gasteiger partial charge in [-0.15, -0.1) is 0 Å². The summed E-state index contributed by atoms with van der Waals surface area (Å²) >= 11 is 0. The summed E-state index contributed by atoms with van der Waals surface area (Å²) in [5, 5.41) is 9.21. The molecule has 0 amide bonds. The standard InChI is InChI=1S/C13H14O2/c1-8-2-3-11-9(6-8)10(12(14)15)7-13(11)4-5-13/h2-3,6,10H,4-5,7H2,1H3,(H,14,15). The summed E-state index contributed by atoms with van der Waals surface area (Å²) in [5.74, 6) is -0.923. The van der Waals surface area contributed by atoms with Gasteiger partial charge >= 0.3 is 5.97 Å². The molecule has 2 aliphatic carbocycles. The number of benzene rings is 1. The summed E-state index contributed by atoms with van der Waals surface area (Å²) < 4.78 is 0. The molecular weight excluding hydrogens is 188 g/mol. The molecule has 78 valence electrons. The highest BCUT2D eigenvalue weighted by Crippen LogP contribution is 2.60. The van der Waals surface area contributed by atoms with Crippen molar-refractivity contribution in [3.63, 3.8) is 0 Å². The quantitative estimate of drug-likeness (QED) is 0.760. The fourth-order valence-electron chi connectivity index (χ4n) is 2.91. The largest absolute Gasteiger partial charge is 0.481 e. The number of hydrogen-bond donors (Lipinski definition) is 1. The van der Waals surface area contributed by atoms with Crippen LogP contribution in [0.2, 0.25) is 0 Å². The van der Waals surface area contributed by atoms with Crippen molar-refractivity contribution in [1.82, 2.24) is 0 Å². The predicted octanol–water partition coefficient (Wildman–Crippen LogP) is 2.60. The van der Waals surface area contributed by atoms with Gasteiger partial charge in [-0.2, -0.15) is 0 Å². The first-order valence-electron chi connectivity index (χ1n) is 5.46. The fourth-order valence-corrected chi connectivity index (χ4v) is 2.91. The van der Waals surface area contributed by atoms with Gasteiger partial charge in [0, 0.05) is 0 Å². The molecule has 1 unspecified atom stereocenters. The monoisotopic (exact) mass is 202 g/mol. The van der Waals surface area contributed by atoms with E-state index in [4.69, 9.17) is 0 Å². The molecule has 0 radical (unpaired) electrons. The van der Waals surface area contributed by atoms with E-state index in [0.717, 1.165) is 17.5 Å². The van der Waals surface area contributed by atoms with Crippen LogP contribution in [0.15, 0.2) is 18.2 Å². The number of hydrogen-bond acceptors (Lipinski definition) is 1. The third-order valence-corrected chi connectivity index (χ3v) is 3.90. The normalized spacial score (nSPS) is 25.3. The van der Waals surface area contributed by atoms with Crippen LogP contribution in [0, 0.1) is 6.92 Å². The molecule has 3 rings (SSSR count). The second kappa shape index (κ2) is 2.63. The van der Waals surface area contributed by atoms with E-state index in [0.29, 0.717) is 0 Å². The lowest BCUT2D eigenvalue weighted by molar-refractivity contribution is -0.138. The van der Waals surface area contributed by atoms with E-state index in [2.05, 4.69) is 18.2 Å². The first-order chi connectivity index (χ1) is 7.12. The molecule has 1 spiro atoms. The Labute approximate surface area is 88.9 Å². The zero-order valence-corrected chi connectivity index (χ0v) is 8.79. The van der Waals surface area contributed by atoms with Crippen molar-refractivity contribution in [2.75, 3.05) is 0 Å². The summed E-state index contributed by atoms with van der Waals surface area (Å²) in [5.41, 5.74) is 3.78. The molecule has 0 bridgehead atoms. The highest BCUT2D eigenvalue weighted by Gasteiger charge is 2.53. The lowest BCUT2D eigenvalue weighted by Crippen LogP contribution is -2.09. The minimum atomic E-state index is -0.661. The van der Waals surface area contributed by atoms with Gasteiger partial charge in [0.25, 0.3) is 0 Å². The molecule has 1 saturated carbocycles. The zero-order chi connectivity index (χ0) is 10.6. The first-order valence-corrected chi connectivity index (χ1v) is 5.46. The number of fused-ring (bicyclic) bond motifs is 2. The second-order valence-electron chi connectivity index (χ2n) is 4.97.